The Bertz CT molecular complexity index is 1690. The maximum absolute atomic E-state index is 12.9. The number of hydrogen-bond acceptors (Lipinski definition) is 16. The summed E-state index contributed by atoms with van der Waals surface area (Å²) >= 11 is 0. The van der Waals surface area contributed by atoms with Crippen LogP contribution < -0.4 is 10.2 Å². The zero-order chi connectivity index (χ0) is 33.6. The van der Waals surface area contributed by atoms with Crippen LogP contribution in [0.5, 0.6) is 23.0 Å². The van der Waals surface area contributed by atoms with Gasteiger partial charge < -0.3 is 69.0 Å². The number of rotatable bonds is 7. The van der Waals surface area contributed by atoms with Crippen molar-refractivity contribution in [2.24, 2.45) is 0 Å². The minimum absolute atomic E-state index is 0.0767. The Kier molecular flexibility index (Phi) is 9.09. The predicted octanol–water partition coefficient (Wildman–Crippen LogP) is -0.730. The summed E-state index contributed by atoms with van der Waals surface area (Å²) < 4.78 is 33.1. The van der Waals surface area contributed by atoms with Crippen molar-refractivity contribution < 1.29 is 78.5 Å². The fraction of sp³-hybridized carbons (Fsp3) is 0.414. The number of aromatic hydroxyl groups is 3. The number of carbonyl (C=O) groups is 2. The summed E-state index contributed by atoms with van der Waals surface area (Å²) in [6.45, 7) is 2.48. The summed E-state index contributed by atoms with van der Waals surface area (Å²) in [6, 6.07) is 6.76. The average molecular weight is 651 g/mol. The lowest BCUT2D eigenvalue weighted by Crippen LogP contribution is -2.65. The molecular weight excluding hydrogens is 620 g/mol. The summed E-state index contributed by atoms with van der Waals surface area (Å²) in [5, 5.41) is 82.0. The number of aliphatic hydroxyl groups excluding tert-OH is 4. The van der Waals surface area contributed by atoms with Gasteiger partial charge in [0.2, 0.25) is 6.29 Å². The molecule has 8 N–H and O–H groups in total. The molecule has 0 saturated carbocycles. The first-order valence-corrected chi connectivity index (χ1v) is 13.7. The van der Waals surface area contributed by atoms with Crippen molar-refractivity contribution in [3.05, 3.63) is 46.6 Å². The molecule has 2 fully saturated rings. The van der Waals surface area contributed by atoms with E-state index in [2.05, 4.69) is 0 Å². The molecule has 2 aliphatic heterocycles. The van der Waals surface area contributed by atoms with Crippen LogP contribution in [0, 0.1) is 0 Å². The van der Waals surface area contributed by atoms with Gasteiger partial charge in [-0.05, 0) is 25.1 Å². The van der Waals surface area contributed by atoms with Crippen molar-refractivity contribution in [3.8, 4) is 34.3 Å². The van der Waals surface area contributed by atoms with E-state index in [4.69, 9.17) is 28.1 Å². The summed E-state index contributed by atoms with van der Waals surface area (Å²) in [5.74, 6) is -4.38. The molecule has 2 aromatic carbocycles. The van der Waals surface area contributed by atoms with E-state index in [9.17, 15) is 55.2 Å². The number of benzene rings is 2. The zero-order valence-corrected chi connectivity index (χ0v) is 24.0. The Balaban J connectivity index is 1.48. The van der Waals surface area contributed by atoms with Gasteiger partial charge in [-0.1, -0.05) is 0 Å². The van der Waals surface area contributed by atoms with Crippen molar-refractivity contribution in [1.82, 2.24) is 0 Å². The third-order valence-electron chi connectivity index (χ3n) is 7.45. The van der Waals surface area contributed by atoms with Crippen LogP contribution in [0.4, 0.5) is 0 Å². The molecular formula is C29H30O17. The van der Waals surface area contributed by atoms with E-state index >= 15 is 0 Å². The molecule has 0 spiro atoms. The van der Waals surface area contributed by atoms with Crippen molar-refractivity contribution in [2.75, 3.05) is 0 Å². The number of esters is 1. The van der Waals surface area contributed by atoms with Gasteiger partial charge in [0.25, 0.3) is 0 Å². The number of carbonyl (C=O) groups excluding carboxylic acids is 1. The number of phenolic OH excluding ortho intramolecular Hbond substituents is 3. The van der Waals surface area contributed by atoms with Gasteiger partial charge in [-0.2, -0.15) is 0 Å². The monoisotopic (exact) mass is 650 g/mol. The van der Waals surface area contributed by atoms with Gasteiger partial charge in [-0.15, -0.1) is 0 Å². The van der Waals surface area contributed by atoms with Gasteiger partial charge in [-0.3, -0.25) is 9.59 Å². The van der Waals surface area contributed by atoms with E-state index < -0.39 is 96.0 Å². The average Bonchev–Trinajstić information content (AvgIpc) is 2.98. The number of carboxylic acid groups (broad SMARTS) is 1. The van der Waals surface area contributed by atoms with Gasteiger partial charge in [0.1, 0.15) is 52.6 Å². The molecule has 5 rings (SSSR count). The lowest BCUT2D eigenvalue weighted by molar-refractivity contribution is -0.351. The van der Waals surface area contributed by atoms with Gasteiger partial charge in [0, 0.05) is 30.7 Å². The lowest BCUT2D eigenvalue weighted by Gasteiger charge is -2.45. The Labute approximate surface area is 257 Å². The summed E-state index contributed by atoms with van der Waals surface area (Å²) in [4.78, 5) is 36.1. The standard InChI is InChI=1S/C29H30O17/c1-9-24(42-10(2)30)22(37)23(38)28(41-9)46-26-21(36)20(35)25(27(39)40)45-29(26)43-12-6-15(33)19-16(34)8-17(44-18(19)7-12)11-3-4-13(31)14(32)5-11/h3-9,20-26,28-29,31-33,35-38H,1-2H3,(H,39,40). The molecule has 17 nitrogen and oxygen atoms in total. The van der Waals surface area contributed by atoms with Crippen LogP contribution in [0.3, 0.4) is 0 Å². The first kappa shape index (κ1) is 32.9. The highest BCUT2D eigenvalue weighted by molar-refractivity contribution is 5.86. The Hall–Kier alpha value is -4.49. The number of ether oxygens (including phenoxy) is 5. The molecule has 0 bridgehead atoms. The van der Waals surface area contributed by atoms with Crippen LogP contribution >= 0.6 is 0 Å². The van der Waals surface area contributed by atoms with E-state index in [1.165, 1.54) is 13.0 Å². The maximum Gasteiger partial charge on any atom is 0.335 e. The lowest BCUT2D eigenvalue weighted by atomic mass is 9.97. The van der Waals surface area contributed by atoms with Crippen LogP contribution in [-0.2, 0) is 28.5 Å². The second kappa shape index (κ2) is 12.7. The normalized spacial score (nSPS) is 31.3. The fourth-order valence-corrected chi connectivity index (χ4v) is 5.17. The Morgan fingerprint density at radius 2 is 1.50 bits per heavy atom. The highest BCUT2D eigenvalue weighted by atomic mass is 16.8. The fourth-order valence-electron chi connectivity index (χ4n) is 5.17. The molecule has 0 amide bonds. The molecule has 17 heteroatoms. The molecule has 248 valence electrons. The predicted molar refractivity (Wildman–Crippen MR) is 149 cm³/mol. The summed E-state index contributed by atoms with van der Waals surface area (Å²) in [7, 11) is 0. The van der Waals surface area contributed by atoms with Crippen LogP contribution in [0.25, 0.3) is 22.3 Å². The third kappa shape index (κ3) is 6.29. The van der Waals surface area contributed by atoms with E-state index in [0.717, 1.165) is 37.3 Å². The minimum atomic E-state index is -2.08. The van der Waals surface area contributed by atoms with Gasteiger partial charge >= 0.3 is 11.9 Å². The summed E-state index contributed by atoms with van der Waals surface area (Å²) in [5.41, 5.74) is -0.757. The first-order chi connectivity index (χ1) is 21.7. The third-order valence-corrected chi connectivity index (χ3v) is 7.45. The van der Waals surface area contributed by atoms with Crippen molar-refractivity contribution in [1.29, 1.82) is 0 Å². The number of aliphatic carboxylic acids is 1. The van der Waals surface area contributed by atoms with E-state index in [1.54, 1.807) is 0 Å². The van der Waals surface area contributed by atoms with Crippen LogP contribution in [0.2, 0.25) is 0 Å². The molecule has 46 heavy (non-hydrogen) atoms. The van der Waals surface area contributed by atoms with Crippen LogP contribution in [0.1, 0.15) is 13.8 Å². The van der Waals surface area contributed by atoms with Crippen molar-refractivity contribution in [2.45, 2.75) is 75.3 Å². The molecule has 3 heterocycles. The van der Waals surface area contributed by atoms with Crippen LogP contribution in [-0.4, -0.2) is 114 Å². The first-order valence-electron chi connectivity index (χ1n) is 13.7. The van der Waals surface area contributed by atoms with Gasteiger partial charge in [0.15, 0.2) is 41.5 Å². The Morgan fingerprint density at radius 3 is 2.15 bits per heavy atom. The number of fused-ring (bicyclic) bond motifs is 1. The van der Waals surface area contributed by atoms with Crippen molar-refractivity contribution >= 4 is 22.9 Å². The molecule has 2 aliphatic rings. The summed E-state index contributed by atoms with van der Waals surface area (Å²) in [6.07, 6.45) is -17.6. The van der Waals surface area contributed by atoms with E-state index in [1.807, 2.05) is 0 Å². The SMILES string of the molecule is CC(=O)OC1C(C)OC(OC2C(Oc3cc(O)c4c(=O)cc(-c5ccc(O)c(O)c5)oc4c3)OC(C(=O)O)C(O)C2O)C(O)C1O. The van der Waals surface area contributed by atoms with Gasteiger partial charge in [-0.25, -0.2) is 4.79 Å². The number of carboxylic acids is 1. The molecule has 1 aromatic heterocycles. The number of aliphatic hydroxyl groups is 4. The molecule has 10 unspecified atom stereocenters. The quantitative estimate of drug-likeness (QED) is 0.116. The maximum atomic E-state index is 12.9. The second-order valence-corrected chi connectivity index (χ2v) is 10.7. The zero-order valence-electron chi connectivity index (χ0n) is 24.0. The largest absolute Gasteiger partial charge is 0.507 e. The minimum Gasteiger partial charge on any atom is -0.507 e. The van der Waals surface area contributed by atoms with E-state index in [-0.39, 0.29) is 28.0 Å². The molecule has 0 radical (unpaired) electrons. The molecule has 0 aliphatic carbocycles. The number of phenols is 3. The second-order valence-electron chi connectivity index (χ2n) is 10.7. The Morgan fingerprint density at radius 1 is 0.804 bits per heavy atom. The van der Waals surface area contributed by atoms with Crippen molar-refractivity contribution in [3.63, 3.8) is 0 Å². The number of hydrogen-bond donors (Lipinski definition) is 8. The molecule has 10 atom stereocenters. The van der Waals surface area contributed by atoms with Crippen LogP contribution in [0.15, 0.2) is 45.6 Å². The topological polar surface area (TPSA) is 272 Å². The molecule has 3 aromatic rings. The van der Waals surface area contributed by atoms with E-state index in [0.29, 0.717) is 0 Å². The molecule has 2 saturated heterocycles. The highest BCUT2D eigenvalue weighted by Crippen LogP contribution is 2.36. The smallest absolute Gasteiger partial charge is 0.335 e. The highest BCUT2D eigenvalue weighted by Gasteiger charge is 2.53. The van der Waals surface area contributed by atoms with Gasteiger partial charge in [0.05, 0.1) is 6.10 Å².